The van der Waals surface area contributed by atoms with Gasteiger partial charge in [-0.3, -0.25) is 9.36 Å². The lowest BCUT2D eigenvalue weighted by Crippen LogP contribution is -2.38. The quantitative estimate of drug-likeness (QED) is 0.690. The van der Waals surface area contributed by atoms with Crippen molar-refractivity contribution in [2.75, 3.05) is 13.1 Å². The maximum Gasteiger partial charge on any atom is 0.274 e. The molecular weight excluding hydrogens is 356 g/mol. The van der Waals surface area contributed by atoms with E-state index in [9.17, 15) is 4.79 Å². The highest BCUT2D eigenvalue weighted by Gasteiger charge is 2.23. The predicted octanol–water partition coefficient (Wildman–Crippen LogP) is 3.31. The Morgan fingerprint density at radius 3 is 2.75 bits per heavy atom. The van der Waals surface area contributed by atoms with E-state index in [4.69, 9.17) is 4.52 Å². The van der Waals surface area contributed by atoms with Crippen LogP contribution in [0.3, 0.4) is 0 Å². The van der Waals surface area contributed by atoms with E-state index in [0.717, 1.165) is 31.5 Å². The number of carbonyl (C=O) groups is 1. The lowest BCUT2D eigenvalue weighted by atomic mass is 9.99. The van der Waals surface area contributed by atoms with Crippen LogP contribution < -0.4 is 0 Å². The van der Waals surface area contributed by atoms with E-state index in [1.165, 1.54) is 0 Å². The minimum atomic E-state index is -0.0275. The van der Waals surface area contributed by atoms with Gasteiger partial charge in [0, 0.05) is 37.0 Å². The molecule has 0 radical (unpaired) electrons. The molecule has 1 saturated heterocycles. The van der Waals surface area contributed by atoms with Gasteiger partial charge in [0.25, 0.3) is 11.8 Å². The van der Waals surface area contributed by atoms with Gasteiger partial charge in [0.2, 0.25) is 0 Å². The molecule has 3 aromatic rings. The minimum absolute atomic E-state index is 0.0275. The smallest absolute Gasteiger partial charge is 0.274 e. The van der Waals surface area contributed by atoms with E-state index >= 15 is 0 Å². The Bertz CT molecular complexity index is 968. The van der Waals surface area contributed by atoms with E-state index in [0.29, 0.717) is 29.1 Å². The Morgan fingerprint density at radius 2 is 2.04 bits per heavy atom. The summed E-state index contributed by atoms with van der Waals surface area (Å²) in [5, 5.41) is 4.00. The third-order valence-corrected chi connectivity index (χ3v) is 5.09. The number of hydrogen-bond donors (Lipinski definition) is 0. The van der Waals surface area contributed by atoms with Crippen molar-refractivity contribution >= 4 is 5.91 Å². The average molecular weight is 380 g/mol. The van der Waals surface area contributed by atoms with Gasteiger partial charge in [-0.25, -0.2) is 9.97 Å². The fourth-order valence-corrected chi connectivity index (χ4v) is 3.21. The maximum atomic E-state index is 12.7. The van der Waals surface area contributed by atoms with Gasteiger partial charge in [-0.15, -0.1) is 0 Å². The zero-order valence-corrected chi connectivity index (χ0v) is 16.4. The normalized spacial score (nSPS) is 15.4. The summed E-state index contributed by atoms with van der Waals surface area (Å²) in [4.78, 5) is 27.7. The molecule has 0 aliphatic carbocycles. The second kappa shape index (κ2) is 7.53. The van der Waals surface area contributed by atoms with Crippen molar-refractivity contribution in [3.05, 3.63) is 42.4 Å². The Kier molecular flexibility index (Phi) is 4.93. The molecule has 0 unspecified atom stereocenters. The number of pyridine rings is 1. The molecule has 1 aliphatic heterocycles. The molecule has 1 aliphatic rings. The van der Waals surface area contributed by atoms with Gasteiger partial charge in [0.05, 0.1) is 0 Å². The molecule has 146 valence electrons. The molecule has 1 amide bonds. The number of nitrogens with zero attached hydrogens (tertiary/aromatic N) is 6. The SMILES string of the molecule is CC1CCN(C(=O)c2cn(-c3cc(-c4nc(C(C)C)no4)ccn3)cn2)CC1. The highest BCUT2D eigenvalue weighted by Crippen LogP contribution is 2.22. The van der Waals surface area contributed by atoms with E-state index in [2.05, 4.69) is 27.0 Å². The molecular formula is C20H24N6O2. The summed E-state index contributed by atoms with van der Waals surface area (Å²) in [5.74, 6) is 2.60. The van der Waals surface area contributed by atoms with Crippen molar-refractivity contribution in [2.45, 2.75) is 39.5 Å². The van der Waals surface area contributed by atoms with E-state index in [1.807, 2.05) is 30.9 Å². The highest BCUT2D eigenvalue weighted by atomic mass is 16.5. The minimum Gasteiger partial charge on any atom is -0.337 e. The first kappa shape index (κ1) is 18.3. The van der Waals surface area contributed by atoms with Gasteiger partial charge < -0.3 is 9.42 Å². The first-order chi connectivity index (χ1) is 13.5. The molecule has 4 rings (SSSR count). The van der Waals surface area contributed by atoms with E-state index < -0.39 is 0 Å². The van der Waals surface area contributed by atoms with Crippen molar-refractivity contribution in [1.82, 2.24) is 29.6 Å². The molecule has 1 fully saturated rings. The Labute approximate surface area is 163 Å². The second-order valence-corrected chi connectivity index (χ2v) is 7.66. The second-order valence-electron chi connectivity index (χ2n) is 7.66. The van der Waals surface area contributed by atoms with Gasteiger partial charge in [-0.2, -0.15) is 4.98 Å². The van der Waals surface area contributed by atoms with Crippen LogP contribution in [0.5, 0.6) is 0 Å². The maximum absolute atomic E-state index is 12.7. The number of hydrogen-bond acceptors (Lipinski definition) is 6. The third kappa shape index (κ3) is 3.67. The van der Waals surface area contributed by atoms with Crippen LogP contribution in [-0.2, 0) is 0 Å². The number of likely N-dealkylation sites (tertiary alicyclic amines) is 1. The van der Waals surface area contributed by atoms with Gasteiger partial charge >= 0.3 is 0 Å². The Hall–Kier alpha value is -3.03. The molecule has 3 aromatic heterocycles. The van der Waals surface area contributed by atoms with E-state index in [-0.39, 0.29) is 11.8 Å². The molecule has 0 aromatic carbocycles. The van der Waals surface area contributed by atoms with Crippen molar-refractivity contribution in [2.24, 2.45) is 5.92 Å². The number of imidazole rings is 1. The van der Waals surface area contributed by atoms with Crippen LogP contribution in [-0.4, -0.2) is 48.6 Å². The third-order valence-electron chi connectivity index (χ3n) is 5.09. The van der Waals surface area contributed by atoms with Crippen LogP contribution in [0.15, 0.2) is 35.4 Å². The van der Waals surface area contributed by atoms with Crippen LogP contribution in [0.2, 0.25) is 0 Å². The van der Waals surface area contributed by atoms with Crippen molar-refractivity contribution in [3.8, 4) is 17.3 Å². The molecule has 8 nitrogen and oxygen atoms in total. The standard InChI is InChI=1S/C20H24N6O2/c1-13(2)18-23-19(28-24-18)15-4-7-21-17(10-15)26-11-16(22-12-26)20(27)25-8-5-14(3)6-9-25/h4,7,10-14H,5-6,8-9H2,1-3H3. The number of carbonyl (C=O) groups excluding carboxylic acids is 1. The lowest BCUT2D eigenvalue weighted by Gasteiger charge is -2.29. The van der Waals surface area contributed by atoms with Crippen molar-refractivity contribution in [3.63, 3.8) is 0 Å². The van der Waals surface area contributed by atoms with Crippen LogP contribution >= 0.6 is 0 Å². The number of aromatic nitrogens is 5. The first-order valence-corrected chi connectivity index (χ1v) is 9.65. The Morgan fingerprint density at radius 1 is 1.25 bits per heavy atom. The van der Waals surface area contributed by atoms with Crippen LogP contribution in [0.25, 0.3) is 17.3 Å². The first-order valence-electron chi connectivity index (χ1n) is 9.65. The summed E-state index contributed by atoms with van der Waals surface area (Å²) in [5.41, 5.74) is 1.21. The molecule has 0 atom stereocenters. The average Bonchev–Trinajstić information content (AvgIpc) is 3.38. The monoisotopic (exact) mass is 380 g/mol. The number of rotatable bonds is 4. The van der Waals surface area contributed by atoms with Gasteiger partial charge in [-0.1, -0.05) is 25.9 Å². The molecule has 4 heterocycles. The summed E-state index contributed by atoms with van der Waals surface area (Å²) in [6, 6.07) is 3.66. The van der Waals surface area contributed by atoms with Gasteiger partial charge in [-0.05, 0) is 30.9 Å². The molecule has 28 heavy (non-hydrogen) atoms. The largest absolute Gasteiger partial charge is 0.337 e. The molecule has 8 heteroatoms. The summed E-state index contributed by atoms with van der Waals surface area (Å²) < 4.78 is 7.10. The predicted molar refractivity (Wildman–Crippen MR) is 103 cm³/mol. The summed E-state index contributed by atoms with van der Waals surface area (Å²) in [7, 11) is 0. The van der Waals surface area contributed by atoms with E-state index in [1.54, 1.807) is 23.3 Å². The zero-order valence-electron chi connectivity index (χ0n) is 16.4. The van der Waals surface area contributed by atoms with Crippen LogP contribution in [0.4, 0.5) is 0 Å². The molecule has 0 saturated carbocycles. The summed E-state index contributed by atoms with van der Waals surface area (Å²) in [6.07, 6.45) is 7.09. The zero-order chi connectivity index (χ0) is 19.7. The van der Waals surface area contributed by atoms with Crippen LogP contribution in [0, 0.1) is 5.92 Å². The highest BCUT2D eigenvalue weighted by molar-refractivity contribution is 5.92. The lowest BCUT2D eigenvalue weighted by molar-refractivity contribution is 0.0692. The fourth-order valence-electron chi connectivity index (χ4n) is 3.21. The molecule has 0 N–H and O–H groups in total. The van der Waals surface area contributed by atoms with Gasteiger partial charge in [0.15, 0.2) is 5.82 Å². The number of piperidine rings is 1. The summed E-state index contributed by atoms with van der Waals surface area (Å²) in [6.45, 7) is 7.83. The summed E-state index contributed by atoms with van der Waals surface area (Å²) >= 11 is 0. The molecule has 0 spiro atoms. The fraction of sp³-hybridized carbons (Fsp3) is 0.450. The topological polar surface area (TPSA) is 89.9 Å². The van der Waals surface area contributed by atoms with Crippen molar-refractivity contribution in [1.29, 1.82) is 0 Å². The molecule has 0 bridgehead atoms. The number of amides is 1. The van der Waals surface area contributed by atoms with Crippen molar-refractivity contribution < 1.29 is 9.32 Å². The van der Waals surface area contributed by atoms with Crippen LogP contribution in [0.1, 0.15) is 55.8 Å². The Balaban J connectivity index is 1.54. The van der Waals surface area contributed by atoms with Gasteiger partial charge in [0.1, 0.15) is 17.8 Å².